The third kappa shape index (κ3) is 4.80. The van der Waals surface area contributed by atoms with Gasteiger partial charge in [-0.05, 0) is 81.7 Å². The van der Waals surface area contributed by atoms with E-state index in [-0.39, 0.29) is 11.8 Å². The van der Waals surface area contributed by atoms with Crippen molar-refractivity contribution < 1.29 is 9.59 Å². The number of anilines is 3. The van der Waals surface area contributed by atoms with Crippen LogP contribution in [0.4, 0.5) is 17.2 Å². The first-order valence-corrected chi connectivity index (χ1v) is 12.1. The molecule has 2 aliphatic rings. The monoisotopic (exact) mass is 449 g/mol. The van der Waals surface area contributed by atoms with Crippen LogP contribution >= 0.6 is 0 Å². The summed E-state index contributed by atoms with van der Waals surface area (Å²) >= 11 is 0. The number of nitrogens with one attached hydrogen (secondary N) is 1. The number of piperidine rings is 1. The van der Waals surface area contributed by atoms with E-state index in [1.54, 1.807) is 23.2 Å². The molecule has 1 unspecified atom stereocenters. The number of rotatable bonds is 6. The summed E-state index contributed by atoms with van der Waals surface area (Å²) in [5, 5.41) is 2.95. The molecule has 1 N–H and O–H groups in total. The molecule has 3 heterocycles. The number of hydrogen-bond acceptors (Lipinski definition) is 5. The summed E-state index contributed by atoms with van der Waals surface area (Å²) in [5.74, 6) is 0.215. The third-order valence-corrected chi connectivity index (χ3v) is 7.04. The molecule has 0 saturated carbocycles. The molecule has 176 valence electrons. The van der Waals surface area contributed by atoms with E-state index in [0.717, 1.165) is 50.1 Å². The number of nitrogens with zero attached hydrogens (tertiary/aromatic N) is 4. The number of likely N-dealkylation sites (N-methyl/N-ethyl adjacent to an activating group) is 1. The molecule has 0 spiro atoms. The topological polar surface area (TPSA) is 68.8 Å². The standard InChI is InChI=1S/C26H35N5O2/c1-5-29(6-2)16-20-10-7-8-13-30(20)17-24(32)31-23-15-19(4)18(3)14-21(23)26(33)28-22-11-9-12-27-25(22)31/h9,11-12,14-15,20H,5-8,10,13,16-17H2,1-4H3,(H,28,33). The molecule has 1 fully saturated rings. The van der Waals surface area contributed by atoms with Crippen molar-refractivity contribution in [1.29, 1.82) is 0 Å². The Morgan fingerprint density at radius 1 is 1.18 bits per heavy atom. The zero-order valence-corrected chi connectivity index (χ0v) is 20.2. The summed E-state index contributed by atoms with van der Waals surface area (Å²) in [6.45, 7) is 12.6. The van der Waals surface area contributed by atoms with Crippen molar-refractivity contribution >= 4 is 29.0 Å². The molecule has 1 aromatic carbocycles. The van der Waals surface area contributed by atoms with Crippen molar-refractivity contribution in [3.05, 3.63) is 47.2 Å². The molecule has 2 aromatic rings. The second kappa shape index (κ2) is 10.0. The van der Waals surface area contributed by atoms with E-state index < -0.39 is 0 Å². The van der Waals surface area contributed by atoms with E-state index in [0.29, 0.717) is 35.3 Å². The number of benzene rings is 1. The lowest BCUT2D eigenvalue weighted by molar-refractivity contribution is -0.120. The number of amides is 2. The molecular formula is C26H35N5O2. The first kappa shape index (κ1) is 23.4. The van der Waals surface area contributed by atoms with Crippen LogP contribution in [0.15, 0.2) is 30.5 Å². The van der Waals surface area contributed by atoms with Gasteiger partial charge >= 0.3 is 0 Å². The lowest BCUT2D eigenvalue weighted by Gasteiger charge is -2.38. The molecule has 1 saturated heterocycles. The number of aryl methyl sites for hydroxylation is 2. The van der Waals surface area contributed by atoms with Gasteiger partial charge in [0.25, 0.3) is 5.91 Å². The first-order chi connectivity index (χ1) is 15.9. The molecule has 4 rings (SSSR count). The third-order valence-electron chi connectivity index (χ3n) is 7.04. The molecule has 33 heavy (non-hydrogen) atoms. The average molecular weight is 450 g/mol. The largest absolute Gasteiger partial charge is 0.319 e. The van der Waals surface area contributed by atoms with E-state index in [1.807, 2.05) is 26.0 Å². The summed E-state index contributed by atoms with van der Waals surface area (Å²) in [6.07, 6.45) is 5.07. The zero-order chi connectivity index (χ0) is 23.5. The normalized spacial score (nSPS) is 18.5. The van der Waals surface area contributed by atoms with E-state index in [9.17, 15) is 9.59 Å². The van der Waals surface area contributed by atoms with Gasteiger partial charge in [-0.2, -0.15) is 0 Å². The fourth-order valence-corrected chi connectivity index (χ4v) is 4.90. The average Bonchev–Trinajstić information content (AvgIpc) is 2.92. The molecule has 1 atom stereocenters. The van der Waals surface area contributed by atoms with Gasteiger partial charge < -0.3 is 10.2 Å². The van der Waals surface area contributed by atoms with Crippen LogP contribution in [0.2, 0.25) is 0 Å². The van der Waals surface area contributed by atoms with Crippen LogP contribution in [-0.2, 0) is 4.79 Å². The summed E-state index contributed by atoms with van der Waals surface area (Å²) in [5.41, 5.74) is 3.72. The molecular weight excluding hydrogens is 414 g/mol. The Bertz CT molecular complexity index is 1030. The van der Waals surface area contributed by atoms with Gasteiger partial charge in [0.15, 0.2) is 5.82 Å². The predicted octanol–water partition coefficient (Wildman–Crippen LogP) is 4.13. The van der Waals surface area contributed by atoms with Crippen LogP contribution < -0.4 is 10.2 Å². The van der Waals surface area contributed by atoms with Gasteiger partial charge in [0.2, 0.25) is 5.91 Å². The molecule has 7 nitrogen and oxygen atoms in total. The number of carbonyl (C=O) groups excluding carboxylic acids is 2. The summed E-state index contributed by atoms with van der Waals surface area (Å²) < 4.78 is 0. The van der Waals surface area contributed by atoms with Crippen molar-refractivity contribution in [3.63, 3.8) is 0 Å². The van der Waals surface area contributed by atoms with Crippen molar-refractivity contribution in [2.45, 2.75) is 53.0 Å². The van der Waals surface area contributed by atoms with Crippen molar-refractivity contribution in [1.82, 2.24) is 14.8 Å². The Morgan fingerprint density at radius 2 is 1.94 bits per heavy atom. The van der Waals surface area contributed by atoms with Gasteiger partial charge in [0, 0.05) is 18.8 Å². The Morgan fingerprint density at radius 3 is 2.70 bits per heavy atom. The quantitative estimate of drug-likeness (QED) is 0.718. The summed E-state index contributed by atoms with van der Waals surface area (Å²) in [7, 11) is 0. The fraction of sp³-hybridized carbons (Fsp3) is 0.500. The summed E-state index contributed by atoms with van der Waals surface area (Å²) in [4.78, 5) is 37.9. The number of aromatic nitrogens is 1. The molecule has 1 aromatic heterocycles. The second-order valence-electron chi connectivity index (χ2n) is 9.12. The summed E-state index contributed by atoms with van der Waals surface area (Å²) in [6, 6.07) is 7.75. The van der Waals surface area contributed by atoms with E-state index >= 15 is 0 Å². The van der Waals surface area contributed by atoms with Crippen LogP contribution in [0, 0.1) is 13.8 Å². The number of carbonyl (C=O) groups is 2. The number of pyridine rings is 1. The Balaban J connectivity index is 1.70. The van der Waals surface area contributed by atoms with E-state index in [1.165, 1.54) is 6.42 Å². The first-order valence-electron chi connectivity index (χ1n) is 12.1. The molecule has 0 radical (unpaired) electrons. The van der Waals surface area contributed by atoms with Crippen LogP contribution in [0.25, 0.3) is 0 Å². The van der Waals surface area contributed by atoms with E-state index in [2.05, 4.69) is 33.9 Å². The predicted molar refractivity (Wildman–Crippen MR) is 132 cm³/mol. The maximum Gasteiger partial charge on any atom is 0.257 e. The molecule has 0 aliphatic carbocycles. The molecule has 0 bridgehead atoms. The molecule has 2 aliphatic heterocycles. The minimum absolute atomic E-state index is 0.0533. The van der Waals surface area contributed by atoms with Crippen LogP contribution in [0.1, 0.15) is 54.6 Å². The van der Waals surface area contributed by atoms with Crippen LogP contribution in [0.3, 0.4) is 0 Å². The maximum absolute atomic E-state index is 13.9. The van der Waals surface area contributed by atoms with Gasteiger partial charge in [-0.1, -0.05) is 20.3 Å². The minimum atomic E-state index is -0.213. The van der Waals surface area contributed by atoms with Gasteiger partial charge in [-0.25, -0.2) is 4.98 Å². The SMILES string of the molecule is CCN(CC)CC1CCCCN1CC(=O)N1c2cc(C)c(C)cc2C(=O)Nc2cccnc21. The fourth-order valence-electron chi connectivity index (χ4n) is 4.90. The highest BCUT2D eigenvalue weighted by Gasteiger charge is 2.33. The maximum atomic E-state index is 13.9. The lowest BCUT2D eigenvalue weighted by atomic mass is 10.0. The smallest absolute Gasteiger partial charge is 0.257 e. The van der Waals surface area contributed by atoms with Crippen molar-refractivity contribution in [2.24, 2.45) is 0 Å². The Kier molecular flexibility index (Phi) is 7.10. The zero-order valence-electron chi connectivity index (χ0n) is 20.2. The highest BCUT2D eigenvalue weighted by atomic mass is 16.2. The Hall–Kier alpha value is -2.77. The van der Waals surface area contributed by atoms with Crippen molar-refractivity contribution in [3.8, 4) is 0 Å². The number of hydrogen-bond donors (Lipinski definition) is 1. The number of fused-ring (bicyclic) bond motifs is 2. The van der Waals surface area contributed by atoms with Gasteiger partial charge in [-0.15, -0.1) is 0 Å². The van der Waals surface area contributed by atoms with E-state index in [4.69, 9.17) is 0 Å². The van der Waals surface area contributed by atoms with Gasteiger partial charge in [0.05, 0.1) is 23.5 Å². The Labute approximate surface area is 196 Å². The number of likely N-dealkylation sites (tertiary alicyclic amines) is 1. The highest BCUT2D eigenvalue weighted by Crippen LogP contribution is 2.38. The van der Waals surface area contributed by atoms with Crippen molar-refractivity contribution in [2.75, 3.05) is 42.9 Å². The molecule has 7 heteroatoms. The second-order valence-corrected chi connectivity index (χ2v) is 9.12. The van der Waals surface area contributed by atoms with Crippen LogP contribution in [-0.4, -0.2) is 65.4 Å². The highest BCUT2D eigenvalue weighted by molar-refractivity contribution is 6.17. The molecule has 2 amide bonds. The lowest BCUT2D eigenvalue weighted by Crippen LogP contribution is -2.50. The van der Waals surface area contributed by atoms with Gasteiger partial charge in [0.1, 0.15) is 0 Å². The van der Waals surface area contributed by atoms with Gasteiger partial charge in [-0.3, -0.25) is 19.4 Å². The minimum Gasteiger partial charge on any atom is -0.319 e. The van der Waals surface area contributed by atoms with Crippen LogP contribution in [0.5, 0.6) is 0 Å².